The van der Waals surface area contributed by atoms with Gasteiger partial charge in [-0.3, -0.25) is 19.8 Å². The molecule has 4 saturated carbocycles. The molecule has 6 rings (SSSR count). The molecule has 4 bridgehead atoms. The number of barbiturate groups is 1. The van der Waals surface area contributed by atoms with Crippen molar-refractivity contribution in [1.29, 1.82) is 5.26 Å². The summed E-state index contributed by atoms with van der Waals surface area (Å²) in [6.45, 7) is 1.83. The van der Waals surface area contributed by atoms with Crippen LogP contribution in [0, 0.1) is 34.5 Å². The highest BCUT2D eigenvalue weighted by atomic mass is 16.5. The Hall–Kier alpha value is -3.14. The van der Waals surface area contributed by atoms with E-state index in [-0.39, 0.29) is 23.6 Å². The van der Waals surface area contributed by atoms with Gasteiger partial charge >= 0.3 is 6.03 Å². The zero-order valence-electron chi connectivity index (χ0n) is 18.2. The number of carbonyl (C=O) groups is 3. The summed E-state index contributed by atoms with van der Waals surface area (Å²) >= 11 is 0. The number of hydrogen-bond donors (Lipinski definition) is 1. The fourth-order valence-corrected chi connectivity index (χ4v) is 6.98. The van der Waals surface area contributed by atoms with Crippen LogP contribution in [0.15, 0.2) is 29.8 Å². The smallest absolute Gasteiger partial charge is 0.331 e. The minimum Gasteiger partial charge on any atom is -0.478 e. The molecule has 1 atom stereocenters. The lowest BCUT2D eigenvalue weighted by atomic mass is 9.47. The first kappa shape index (κ1) is 20.7. The van der Waals surface area contributed by atoms with Crippen LogP contribution in [0.3, 0.4) is 0 Å². The molecular weight excluding hydrogens is 406 g/mol. The molecule has 1 N–H and O–H groups in total. The maximum absolute atomic E-state index is 13.5. The highest BCUT2D eigenvalue weighted by Crippen LogP contribution is 2.62. The van der Waals surface area contributed by atoms with Gasteiger partial charge in [-0.2, -0.15) is 5.26 Å². The van der Waals surface area contributed by atoms with Crippen LogP contribution in [0.4, 0.5) is 4.79 Å². The number of amides is 4. The number of nitrogens with zero attached hydrogens (tertiary/aromatic N) is 2. The SMILES string of the molecule is CC(N1C(=O)NC(=O)C(=Cc2ccccc2OCC#N)C1=O)C12CC3CC(CC(C3)C1)C2. The van der Waals surface area contributed by atoms with Crippen molar-refractivity contribution in [3.63, 3.8) is 0 Å². The fraction of sp³-hybridized carbons (Fsp3) is 0.520. The van der Waals surface area contributed by atoms with Gasteiger partial charge in [-0.05, 0) is 80.8 Å². The Balaban J connectivity index is 1.46. The van der Waals surface area contributed by atoms with E-state index in [1.54, 1.807) is 24.3 Å². The molecule has 7 heteroatoms. The third-order valence-corrected chi connectivity index (χ3v) is 8.00. The van der Waals surface area contributed by atoms with Crippen molar-refractivity contribution in [3.05, 3.63) is 35.4 Å². The van der Waals surface area contributed by atoms with Gasteiger partial charge < -0.3 is 4.74 Å². The molecule has 0 radical (unpaired) electrons. The molecule has 5 fully saturated rings. The Morgan fingerprint density at radius 2 is 1.78 bits per heavy atom. The summed E-state index contributed by atoms with van der Waals surface area (Å²) in [5, 5.41) is 11.2. The molecule has 32 heavy (non-hydrogen) atoms. The molecule has 5 aliphatic rings. The fourth-order valence-electron chi connectivity index (χ4n) is 6.98. The van der Waals surface area contributed by atoms with E-state index >= 15 is 0 Å². The second-order valence-corrected chi connectivity index (χ2v) is 9.93. The lowest BCUT2D eigenvalue weighted by molar-refractivity contribution is -0.139. The largest absolute Gasteiger partial charge is 0.478 e. The number of nitriles is 1. The first-order chi connectivity index (χ1) is 15.4. The van der Waals surface area contributed by atoms with Gasteiger partial charge in [0.2, 0.25) is 0 Å². The number of ether oxygens (including phenoxy) is 1. The van der Waals surface area contributed by atoms with Crippen LogP contribution < -0.4 is 10.1 Å². The molecule has 1 aromatic carbocycles. The second-order valence-electron chi connectivity index (χ2n) is 9.93. The predicted molar refractivity (Wildman–Crippen MR) is 116 cm³/mol. The van der Waals surface area contributed by atoms with E-state index < -0.39 is 17.8 Å². The van der Waals surface area contributed by atoms with Crippen LogP contribution in [0.5, 0.6) is 5.75 Å². The van der Waals surface area contributed by atoms with E-state index in [1.807, 2.05) is 13.0 Å². The van der Waals surface area contributed by atoms with Gasteiger partial charge in [-0.25, -0.2) is 4.79 Å². The number of rotatable bonds is 5. The highest BCUT2D eigenvalue weighted by molar-refractivity contribution is 6.31. The minimum absolute atomic E-state index is 0.0545. The number of carbonyl (C=O) groups excluding carboxylic acids is 3. The predicted octanol–water partition coefficient (Wildman–Crippen LogP) is 3.66. The second kappa shape index (κ2) is 7.77. The van der Waals surface area contributed by atoms with E-state index in [0.29, 0.717) is 29.1 Å². The van der Waals surface area contributed by atoms with E-state index in [9.17, 15) is 14.4 Å². The molecule has 7 nitrogen and oxygen atoms in total. The molecule has 1 heterocycles. The molecule has 1 unspecified atom stereocenters. The Bertz CT molecular complexity index is 1020. The van der Waals surface area contributed by atoms with Crippen LogP contribution in [0.25, 0.3) is 6.08 Å². The Morgan fingerprint density at radius 3 is 2.41 bits per heavy atom. The molecule has 1 aromatic rings. The van der Waals surface area contributed by atoms with E-state index in [2.05, 4.69) is 5.32 Å². The number of imide groups is 2. The highest BCUT2D eigenvalue weighted by Gasteiger charge is 2.56. The van der Waals surface area contributed by atoms with Gasteiger partial charge in [-0.1, -0.05) is 18.2 Å². The minimum atomic E-state index is -0.705. The zero-order chi connectivity index (χ0) is 22.5. The monoisotopic (exact) mass is 433 g/mol. The van der Waals surface area contributed by atoms with E-state index in [4.69, 9.17) is 10.00 Å². The number of hydrogen-bond acceptors (Lipinski definition) is 5. The van der Waals surface area contributed by atoms with Crippen molar-refractivity contribution in [2.45, 2.75) is 51.5 Å². The van der Waals surface area contributed by atoms with E-state index in [1.165, 1.54) is 30.2 Å². The van der Waals surface area contributed by atoms with Gasteiger partial charge in [0.05, 0.1) is 0 Å². The third-order valence-electron chi connectivity index (χ3n) is 8.00. The van der Waals surface area contributed by atoms with Crippen LogP contribution in [-0.2, 0) is 9.59 Å². The zero-order valence-corrected chi connectivity index (χ0v) is 18.2. The molecule has 4 aliphatic carbocycles. The lowest BCUT2D eigenvalue weighted by Gasteiger charge is -2.60. The molecule has 0 aromatic heterocycles. The van der Waals surface area contributed by atoms with Crippen LogP contribution in [0.1, 0.15) is 51.0 Å². The number of urea groups is 1. The number of para-hydroxylation sites is 1. The number of benzene rings is 1. The van der Waals surface area contributed by atoms with Crippen LogP contribution >= 0.6 is 0 Å². The topological polar surface area (TPSA) is 99.5 Å². The van der Waals surface area contributed by atoms with Crippen molar-refractivity contribution >= 4 is 23.9 Å². The summed E-state index contributed by atoms with van der Waals surface area (Å²) in [6.07, 6.45) is 8.43. The van der Waals surface area contributed by atoms with Gasteiger partial charge in [0.15, 0.2) is 6.61 Å². The Kier molecular flexibility index (Phi) is 5.04. The average Bonchev–Trinajstić information content (AvgIpc) is 2.74. The number of nitrogens with one attached hydrogen (secondary N) is 1. The lowest BCUT2D eigenvalue weighted by Crippen LogP contribution is -2.63. The maximum atomic E-state index is 13.5. The van der Waals surface area contributed by atoms with Crippen molar-refractivity contribution in [3.8, 4) is 11.8 Å². The summed E-state index contributed by atoms with van der Waals surface area (Å²) in [6, 6.07) is 7.91. The van der Waals surface area contributed by atoms with Crippen LogP contribution in [-0.4, -0.2) is 35.4 Å². The first-order valence-electron chi connectivity index (χ1n) is 11.4. The summed E-state index contributed by atoms with van der Waals surface area (Å²) < 4.78 is 5.43. The summed E-state index contributed by atoms with van der Waals surface area (Å²) in [5.41, 5.74) is 0.369. The van der Waals surface area contributed by atoms with Gasteiger partial charge in [-0.15, -0.1) is 0 Å². The Morgan fingerprint density at radius 1 is 1.16 bits per heavy atom. The van der Waals surface area contributed by atoms with Crippen molar-refractivity contribution in [1.82, 2.24) is 10.2 Å². The third kappa shape index (κ3) is 3.38. The van der Waals surface area contributed by atoms with Crippen molar-refractivity contribution in [2.75, 3.05) is 6.61 Å². The Labute approximate surface area is 187 Å². The summed E-state index contributed by atoms with van der Waals surface area (Å²) in [5.74, 6) is 1.20. The molecule has 166 valence electrons. The summed E-state index contributed by atoms with van der Waals surface area (Å²) in [7, 11) is 0. The molecule has 4 amide bonds. The summed E-state index contributed by atoms with van der Waals surface area (Å²) in [4.78, 5) is 40.2. The quantitative estimate of drug-likeness (QED) is 0.564. The van der Waals surface area contributed by atoms with Crippen molar-refractivity contribution < 1.29 is 19.1 Å². The molecule has 0 spiro atoms. The van der Waals surface area contributed by atoms with Gasteiger partial charge in [0.1, 0.15) is 17.4 Å². The molecular formula is C25H27N3O4. The first-order valence-corrected chi connectivity index (χ1v) is 11.4. The average molecular weight is 434 g/mol. The van der Waals surface area contributed by atoms with Crippen molar-refractivity contribution in [2.24, 2.45) is 23.2 Å². The standard InChI is InChI=1S/C25H27N3O4/c1-15(25-12-16-8-17(13-25)10-18(9-16)14-25)28-23(30)20(22(29)27-24(28)31)11-19-4-2-3-5-21(19)32-7-6-26/h2-5,11,15-18H,7-10,12-14H2,1H3,(H,27,29,31). The van der Waals surface area contributed by atoms with Gasteiger partial charge in [0.25, 0.3) is 11.8 Å². The molecule has 1 saturated heterocycles. The maximum Gasteiger partial charge on any atom is 0.331 e. The normalized spacial score (nSPS) is 33.2. The van der Waals surface area contributed by atoms with Gasteiger partial charge in [0, 0.05) is 11.6 Å². The van der Waals surface area contributed by atoms with E-state index in [0.717, 1.165) is 19.3 Å². The molecule has 1 aliphatic heterocycles. The van der Waals surface area contributed by atoms with Crippen LogP contribution in [0.2, 0.25) is 0 Å².